The van der Waals surface area contributed by atoms with Gasteiger partial charge in [0.25, 0.3) is 0 Å². The number of fused-ring (bicyclic) bond motifs is 2. The molecule has 2 aliphatic rings. The van der Waals surface area contributed by atoms with Crippen molar-refractivity contribution < 1.29 is 4.79 Å². The van der Waals surface area contributed by atoms with Crippen molar-refractivity contribution in [1.82, 2.24) is 4.90 Å². The van der Waals surface area contributed by atoms with Gasteiger partial charge in [-0.1, -0.05) is 65.9 Å². The smallest absolute Gasteiger partial charge is 0.221 e. The van der Waals surface area contributed by atoms with Crippen LogP contribution < -0.4 is 10.6 Å². The second kappa shape index (κ2) is 10.3. The molecule has 0 radical (unpaired) electrons. The summed E-state index contributed by atoms with van der Waals surface area (Å²) in [4.78, 5) is 19.4. The van der Waals surface area contributed by atoms with Crippen LogP contribution in [0.25, 0.3) is 11.1 Å². The Labute approximate surface area is 212 Å². The Hall–Kier alpha value is -3.02. The minimum Gasteiger partial charge on any atom is -0.369 e. The fourth-order valence-corrected chi connectivity index (χ4v) is 6.27. The van der Waals surface area contributed by atoms with Gasteiger partial charge in [-0.2, -0.15) is 0 Å². The molecule has 1 amide bonds. The number of piperidine rings is 1. The summed E-state index contributed by atoms with van der Waals surface area (Å²) >= 11 is 1.84. The number of primary amides is 1. The summed E-state index contributed by atoms with van der Waals surface area (Å²) in [6.07, 6.45) is 4.89. The van der Waals surface area contributed by atoms with E-state index in [4.69, 9.17) is 5.73 Å². The maximum atomic E-state index is 11.6. The van der Waals surface area contributed by atoms with Crippen LogP contribution in [0.1, 0.15) is 32.3 Å². The number of carbonyl (C=O) groups is 1. The van der Waals surface area contributed by atoms with Gasteiger partial charge in [0.1, 0.15) is 0 Å². The van der Waals surface area contributed by atoms with Crippen LogP contribution in [0.5, 0.6) is 0 Å². The molecule has 0 atom stereocenters. The third kappa shape index (κ3) is 5.16. The predicted octanol–water partition coefficient (Wildman–Crippen LogP) is 6.41. The Morgan fingerprint density at radius 1 is 0.971 bits per heavy atom. The molecule has 2 heterocycles. The van der Waals surface area contributed by atoms with Crippen LogP contribution in [-0.4, -0.2) is 36.5 Å². The van der Waals surface area contributed by atoms with Gasteiger partial charge in [-0.25, -0.2) is 0 Å². The van der Waals surface area contributed by atoms with Gasteiger partial charge in [0.2, 0.25) is 5.91 Å². The molecule has 0 spiro atoms. The molecule has 4 nitrogen and oxygen atoms in total. The number of rotatable bonds is 6. The zero-order valence-corrected chi connectivity index (χ0v) is 21.4. The second-order valence-electron chi connectivity index (χ2n) is 9.74. The number of likely N-dealkylation sites (tertiary alicyclic amines) is 1. The van der Waals surface area contributed by atoms with Gasteiger partial charge >= 0.3 is 0 Å². The van der Waals surface area contributed by atoms with E-state index in [1.165, 1.54) is 26.7 Å². The number of nitrogens with two attached hydrogens (primary N) is 1. The lowest BCUT2D eigenvalue weighted by atomic mass is 9.96. The molecule has 0 aliphatic carbocycles. The van der Waals surface area contributed by atoms with Crippen molar-refractivity contribution in [2.24, 2.45) is 5.73 Å². The lowest BCUT2D eigenvalue weighted by Crippen LogP contribution is -2.43. The summed E-state index contributed by atoms with van der Waals surface area (Å²) in [6.45, 7) is 7.63. The normalized spacial score (nSPS) is 15.9. The molecule has 0 unspecified atom stereocenters. The number of hydrogen-bond donors (Lipinski definition) is 1. The average molecular weight is 484 g/mol. The van der Waals surface area contributed by atoms with Crippen LogP contribution >= 0.6 is 11.8 Å². The average Bonchev–Trinajstić information content (AvgIpc) is 2.86. The molecule has 5 rings (SSSR count). The third-order valence-corrected chi connectivity index (χ3v) is 8.05. The monoisotopic (exact) mass is 483 g/mol. The maximum Gasteiger partial charge on any atom is 0.221 e. The van der Waals surface area contributed by atoms with E-state index in [1.807, 2.05) is 30.0 Å². The first kappa shape index (κ1) is 23.7. The van der Waals surface area contributed by atoms with Gasteiger partial charge in [-0.05, 0) is 67.6 Å². The summed E-state index contributed by atoms with van der Waals surface area (Å²) in [6, 6.07) is 24.1. The highest BCUT2D eigenvalue weighted by Crippen LogP contribution is 2.51. The van der Waals surface area contributed by atoms with E-state index in [0.29, 0.717) is 6.04 Å². The quantitative estimate of drug-likeness (QED) is 0.411. The van der Waals surface area contributed by atoms with Crippen molar-refractivity contribution in [3.8, 4) is 11.1 Å². The number of benzene rings is 3. The van der Waals surface area contributed by atoms with E-state index in [0.717, 1.165) is 49.2 Å². The largest absolute Gasteiger partial charge is 0.369 e. The molecular weight excluding hydrogens is 450 g/mol. The molecule has 3 aromatic rings. The molecule has 0 saturated carbocycles. The lowest BCUT2D eigenvalue weighted by Gasteiger charge is -2.42. The molecule has 1 saturated heterocycles. The van der Waals surface area contributed by atoms with Crippen molar-refractivity contribution in [2.45, 2.75) is 48.9 Å². The molecule has 1 fully saturated rings. The van der Waals surface area contributed by atoms with E-state index in [1.54, 1.807) is 0 Å². The maximum absolute atomic E-state index is 11.6. The van der Waals surface area contributed by atoms with Crippen molar-refractivity contribution in [3.05, 3.63) is 83.9 Å². The van der Waals surface area contributed by atoms with E-state index in [-0.39, 0.29) is 12.3 Å². The Morgan fingerprint density at radius 3 is 2.46 bits per heavy atom. The lowest BCUT2D eigenvalue weighted by molar-refractivity contribution is -0.117. The molecule has 35 heavy (non-hydrogen) atoms. The van der Waals surface area contributed by atoms with Crippen LogP contribution in [0.4, 0.5) is 11.4 Å². The first-order valence-corrected chi connectivity index (χ1v) is 13.2. The Balaban J connectivity index is 1.47. The topological polar surface area (TPSA) is 49.6 Å². The van der Waals surface area contributed by atoms with Gasteiger partial charge < -0.3 is 10.6 Å². The predicted molar refractivity (Wildman–Crippen MR) is 146 cm³/mol. The van der Waals surface area contributed by atoms with Gasteiger partial charge in [-0.15, -0.1) is 0 Å². The summed E-state index contributed by atoms with van der Waals surface area (Å²) in [7, 11) is 0. The SMILES string of the molecule is CC(C)=CCN1CCC(N2c3ccccc3Sc3cc(-c4ccccc4CC(N)=O)ccc32)CC1. The zero-order valence-electron chi connectivity index (χ0n) is 20.5. The second-order valence-corrected chi connectivity index (χ2v) is 10.8. The number of amides is 1. The highest BCUT2D eigenvalue weighted by atomic mass is 32.2. The Bertz CT molecular complexity index is 1260. The molecule has 3 aromatic carbocycles. The summed E-state index contributed by atoms with van der Waals surface area (Å²) in [5.41, 5.74) is 12.7. The zero-order chi connectivity index (χ0) is 24.4. The van der Waals surface area contributed by atoms with Crippen LogP contribution in [0.3, 0.4) is 0 Å². The molecule has 5 heteroatoms. The van der Waals surface area contributed by atoms with Crippen molar-refractivity contribution in [1.29, 1.82) is 0 Å². The van der Waals surface area contributed by atoms with E-state index < -0.39 is 0 Å². The van der Waals surface area contributed by atoms with Crippen LogP contribution in [0.15, 0.2) is 88.2 Å². The molecule has 0 bridgehead atoms. The fraction of sp³-hybridized carbons (Fsp3) is 0.300. The van der Waals surface area contributed by atoms with Crippen LogP contribution in [0.2, 0.25) is 0 Å². The molecule has 2 aliphatic heterocycles. The van der Waals surface area contributed by atoms with Crippen molar-refractivity contribution >= 4 is 29.0 Å². The van der Waals surface area contributed by atoms with Crippen LogP contribution in [0, 0.1) is 0 Å². The van der Waals surface area contributed by atoms with E-state index >= 15 is 0 Å². The highest BCUT2D eigenvalue weighted by molar-refractivity contribution is 7.99. The summed E-state index contributed by atoms with van der Waals surface area (Å²) in [5.74, 6) is -0.305. The Morgan fingerprint density at radius 2 is 1.69 bits per heavy atom. The minimum atomic E-state index is -0.305. The summed E-state index contributed by atoms with van der Waals surface area (Å²) in [5, 5.41) is 0. The Kier molecular flexibility index (Phi) is 6.98. The number of carbonyl (C=O) groups excluding carboxylic acids is 1. The number of hydrogen-bond acceptors (Lipinski definition) is 4. The number of para-hydroxylation sites is 1. The van der Waals surface area contributed by atoms with Gasteiger partial charge in [-0.3, -0.25) is 9.69 Å². The van der Waals surface area contributed by atoms with Gasteiger partial charge in [0.15, 0.2) is 0 Å². The van der Waals surface area contributed by atoms with Gasteiger partial charge in [0, 0.05) is 35.5 Å². The number of nitrogens with zero attached hydrogens (tertiary/aromatic N) is 2. The first-order chi connectivity index (χ1) is 17.0. The highest BCUT2D eigenvalue weighted by Gasteiger charge is 2.31. The molecule has 0 aromatic heterocycles. The molecular formula is C30H33N3OS. The van der Waals surface area contributed by atoms with Gasteiger partial charge in [0.05, 0.1) is 17.8 Å². The first-order valence-electron chi connectivity index (χ1n) is 12.4. The fourth-order valence-electron chi connectivity index (χ4n) is 5.16. The molecule has 180 valence electrons. The van der Waals surface area contributed by atoms with E-state index in [2.05, 4.69) is 78.3 Å². The van der Waals surface area contributed by atoms with E-state index in [9.17, 15) is 4.79 Å². The standard InChI is InChI=1S/C30H33N3OS/c1-21(2)13-16-32-17-14-24(15-18-32)33-26-9-5-6-10-28(26)35-29-19-23(11-12-27(29)33)25-8-4-3-7-22(25)20-30(31)34/h3-13,19,24H,14-18,20H2,1-2H3,(H2,31,34). The van der Waals surface area contributed by atoms with Crippen LogP contribution in [-0.2, 0) is 11.2 Å². The number of anilines is 2. The summed E-state index contributed by atoms with van der Waals surface area (Å²) < 4.78 is 0. The van der Waals surface area contributed by atoms with Crippen molar-refractivity contribution in [3.63, 3.8) is 0 Å². The number of allylic oxidation sites excluding steroid dienone is 1. The molecule has 2 N–H and O–H groups in total. The van der Waals surface area contributed by atoms with Crippen molar-refractivity contribution in [2.75, 3.05) is 24.5 Å². The third-order valence-electron chi connectivity index (χ3n) is 6.94. The minimum absolute atomic E-state index is 0.251.